The van der Waals surface area contributed by atoms with Crippen LogP contribution in [0, 0.1) is 0 Å². The molecule has 28 heavy (non-hydrogen) atoms. The summed E-state index contributed by atoms with van der Waals surface area (Å²) in [4.78, 5) is 22.2. The molecule has 150 valence electrons. The summed E-state index contributed by atoms with van der Waals surface area (Å²) in [5, 5.41) is 7.95. The lowest BCUT2D eigenvalue weighted by Gasteiger charge is -2.42. The van der Waals surface area contributed by atoms with Crippen LogP contribution in [0.15, 0.2) is 12.3 Å². The number of nitrogens with one attached hydrogen (secondary N) is 2. The molecule has 0 bridgehead atoms. The third kappa shape index (κ3) is 3.02. The molecule has 6 heteroatoms. The molecular weight excluding hydrogens is 350 g/mol. The Kier molecular flexibility index (Phi) is 4.62. The van der Waals surface area contributed by atoms with Crippen LogP contribution in [0.25, 0.3) is 11.0 Å². The fraction of sp³-hybridized carbons (Fsp3) is 0.682. The lowest BCUT2D eigenvalue weighted by molar-refractivity contribution is 0.0852. The first-order chi connectivity index (χ1) is 13.7. The van der Waals surface area contributed by atoms with Gasteiger partial charge in [-0.05, 0) is 58.1 Å². The molecule has 2 aromatic rings. The van der Waals surface area contributed by atoms with Gasteiger partial charge in [0, 0.05) is 35.6 Å². The van der Waals surface area contributed by atoms with Crippen LogP contribution in [0.4, 0.5) is 5.95 Å². The van der Waals surface area contributed by atoms with E-state index in [-0.39, 0.29) is 11.3 Å². The number of ketones is 1. The van der Waals surface area contributed by atoms with Gasteiger partial charge in [0.15, 0.2) is 5.78 Å². The molecule has 2 aliphatic carbocycles. The lowest BCUT2D eigenvalue weighted by atomic mass is 9.75. The van der Waals surface area contributed by atoms with E-state index >= 15 is 0 Å². The van der Waals surface area contributed by atoms with Gasteiger partial charge >= 0.3 is 0 Å². The summed E-state index contributed by atoms with van der Waals surface area (Å²) in [6.07, 6.45) is 14.3. The summed E-state index contributed by atoms with van der Waals surface area (Å²) in [7, 11) is 2.05. The maximum absolute atomic E-state index is 12.7. The molecule has 3 aliphatic rings. The van der Waals surface area contributed by atoms with Crippen molar-refractivity contribution in [3.63, 3.8) is 0 Å². The standard InChI is InChI=1S/C22H31N5O/c1-23-16-5-7-17(8-6-16)25-21-24-14-15-13-18-19(28)9-12-22(10-3-2-4-11-22)27(18)20(15)26-21/h13-14,16-17,23H,2-12H2,1H3,(H,24,25,26). The van der Waals surface area contributed by atoms with Gasteiger partial charge in [-0.25, -0.2) is 4.98 Å². The normalized spacial score (nSPS) is 27.1. The van der Waals surface area contributed by atoms with Crippen LogP contribution < -0.4 is 10.6 Å². The Morgan fingerprint density at radius 3 is 2.57 bits per heavy atom. The van der Waals surface area contributed by atoms with Crippen LogP contribution in [-0.4, -0.2) is 39.4 Å². The predicted octanol–water partition coefficient (Wildman–Crippen LogP) is 4.01. The monoisotopic (exact) mass is 381 g/mol. The van der Waals surface area contributed by atoms with Gasteiger partial charge in [-0.2, -0.15) is 4.98 Å². The first kappa shape index (κ1) is 18.1. The molecule has 2 saturated carbocycles. The molecule has 2 aromatic heterocycles. The van der Waals surface area contributed by atoms with Crippen LogP contribution in [-0.2, 0) is 5.54 Å². The average Bonchev–Trinajstić information content (AvgIpc) is 3.13. The zero-order valence-corrected chi connectivity index (χ0v) is 16.8. The molecule has 0 amide bonds. The molecule has 0 saturated heterocycles. The van der Waals surface area contributed by atoms with Crippen molar-refractivity contribution >= 4 is 22.8 Å². The van der Waals surface area contributed by atoms with Gasteiger partial charge < -0.3 is 15.2 Å². The van der Waals surface area contributed by atoms with Crippen molar-refractivity contribution in [2.75, 3.05) is 12.4 Å². The van der Waals surface area contributed by atoms with Gasteiger partial charge in [0.05, 0.1) is 5.69 Å². The highest BCUT2D eigenvalue weighted by molar-refractivity contribution is 6.00. The fourth-order valence-electron chi connectivity index (χ4n) is 5.72. The Hall–Kier alpha value is -1.95. The number of rotatable bonds is 3. The summed E-state index contributed by atoms with van der Waals surface area (Å²) < 4.78 is 2.30. The smallest absolute Gasteiger partial charge is 0.224 e. The number of carbonyl (C=O) groups is 1. The topological polar surface area (TPSA) is 71.8 Å². The van der Waals surface area contributed by atoms with E-state index in [0.717, 1.165) is 48.8 Å². The van der Waals surface area contributed by atoms with Gasteiger partial charge in [-0.15, -0.1) is 0 Å². The molecule has 0 aromatic carbocycles. The highest BCUT2D eigenvalue weighted by Crippen LogP contribution is 2.45. The molecule has 3 heterocycles. The number of aromatic nitrogens is 3. The number of Topliss-reactive ketones (excluding diaryl/α,β-unsaturated/α-hetero) is 1. The van der Waals surface area contributed by atoms with Crippen molar-refractivity contribution < 1.29 is 4.79 Å². The molecular formula is C22H31N5O. The summed E-state index contributed by atoms with van der Waals surface area (Å²) in [6, 6.07) is 3.09. The van der Waals surface area contributed by atoms with E-state index in [1.807, 2.05) is 19.3 Å². The SMILES string of the molecule is CNC1CCC(Nc2ncc3cc4n(c3n2)C2(CCCCC2)CCC4=O)CC1. The number of carbonyl (C=O) groups excluding carboxylic acids is 1. The zero-order valence-electron chi connectivity index (χ0n) is 16.8. The Bertz CT molecular complexity index is 874. The molecule has 0 unspecified atom stereocenters. The number of anilines is 1. The minimum atomic E-state index is 0.0831. The van der Waals surface area contributed by atoms with E-state index in [2.05, 4.69) is 20.2 Å². The van der Waals surface area contributed by atoms with Crippen LogP contribution in [0.5, 0.6) is 0 Å². The van der Waals surface area contributed by atoms with Crippen LogP contribution in [0.3, 0.4) is 0 Å². The maximum Gasteiger partial charge on any atom is 0.224 e. The molecule has 0 radical (unpaired) electrons. The second-order valence-electron chi connectivity index (χ2n) is 9.03. The lowest BCUT2D eigenvalue weighted by Crippen LogP contribution is -2.41. The van der Waals surface area contributed by atoms with Crippen molar-refractivity contribution in [1.29, 1.82) is 0 Å². The molecule has 0 atom stereocenters. The van der Waals surface area contributed by atoms with Gasteiger partial charge in [-0.1, -0.05) is 19.3 Å². The Labute approximate surface area is 166 Å². The predicted molar refractivity (Wildman–Crippen MR) is 111 cm³/mol. The zero-order chi connectivity index (χ0) is 19.1. The quantitative estimate of drug-likeness (QED) is 0.840. The van der Waals surface area contributed by atoms with E-state index in [9.17, 15) is 4.79 Å². The van der Waals surface area contributed by atoms with Crippen molar-refractivity contribution in [1.82, 2.24) is 19.9 Å². The molecule has 6 nitrogen and oxygen atoms in total. The number of fused-ring (bicyclic) bond motifs is 4. The molecule has 5 rings (SSSR count). The van der Waals surface area contributed by atoms with Crippen molar-refractivity contribution in [3.8, 4) is 0 Å². The van der Waals surface area contributed by atoms with Gasteiger partial charge in [-0.3, -0.25) is 4.79 Å². The van der Waals surface area contributed by atoms with Crippen molar-refractivity contribution in [2.45, 2.75) is 88.3 Å². The van der Waals surface area contributed by atoms with E-state index in [4.69, 9.17) is 4.98 Å². The molecule has 1 aliphatic heterocycles. The second kappa shape index (κ2) is 7.14. The minimum absolute atomic E-state index is 0.0831. The first-order valence-electron chi connectivity index (χ1n) is 11.0. The Morgan fingerprint density at radius 1 is 1.07 bits per heavy atom. The van der Waals surface area contributed by atoms with Crippen LogP contribution in [0.2, 0.25) is 0 Å². The van der Waals surface area contributed by atoms with Gasteiger partial charge in [0.1, 0.15) is 5.65 Å². The summed E-state index contributed by atoms with van der Waals surface area (Å²) in [5.74, 6) is 0.972. The van der Waals surface area contributed by atoms with Crippen LogP contribution in [0.1, 0.15) is 81.1 Å². The second-order valence-corrected chi connectivity index (χ2v) is 9.03. The molecule has 1 spiro atoms. The van der Waals surface area contributed by atoms with E-state index < -0.39 is 0 Å². The highest BCUT2D eigenvalue weighted by Gasteiger charge is 2.41. The Balaban J connectivity index is 1.48. The number of hydrogen-bond acceptors (Lipinski definition) is 5. The van der Waals surface area contributed by atoms with Gasteiger partial charge in [0.25, 0.3) is 0 Å². The van der Waals surface area contributed by atoms with E-state index in [0.29, 0.717) is 24.5 Å². The molecule has 2 N–H and O–H groups in total. The van der Waals surface area contributed by atoms with Gasteiger partial charge in [0.2, 0.25) is 5.95 Å². The van der Waals surface area contributed by atoms with E-state index in [1.54, 1.807) is 0 Å². The Morgan fingerprint density at radius 2 is 1.82 bits per heavy atom. The highest BCUT2D eigenvalue weighted by atomic mass is 16.1. The first-order valence-corrected chi connectivity index (χ1v) is 11.0. The van der Waals surface area contributed by atoms with Crippen LogP contribution >= 0.6 is 0 Å². The molecule has 2 fully saturated rings. The summed E-state index contributed by atoms with van der Waals surface area (Å²) in [5.41, 5.74) is 1.88. The average molecular weight is 382 g/mol. The third-order valence-electron chi connectivity index (χ3n) is 7.37. The minimum Gasteiger partial charge on any atom is -0.351 e. The number of nitrogens with zero attached hydrogens (tertiary/aromatic N) is 3. The largest absolute Gasteiger partial charge is 0.351 e. The fourth-order valence-corrected chi connectivity index (χ4v) is 5.72. The van der Waals surface area contributed by atoms with E-state index in [1.165, 1.54) is 32.1 Å². The summed E-state index contributed by atoms with van der Waals surface area (Å²) >= 11 is 0. The third-order valence-corrected chi connectivity index (χ3v) is 7.37. The maximum atomic E-state index is 12.7. The van der Waals surface area contributed by atoms with Crippen molar-refractivity contribution in [3.05, 3.63) is 18.0 Å². The summed E-state index contributed by atoms with van der Waals surface area (Å²) in [6.45, 7) is 0. The van der Waals surface area contributed by atoms with Crippen molar-refractivity contribution in [2.24, 2.45) is 0 Å². The number of hydrogen-bond donors (Lipinski definition) is 2.